The van der Waals surface area contributed by atoms with E-state index in [-0.39, 0.29) is 0 Å². The molecule has 2 heteroatoms. The van der Waals surface area contributed by atoms with Crippen LogP contribution in [0.4, 0.5) is 0 Å². The van der Waals surface area contributed by atoms with E-state index in [0.717, 1.165) is 12.5 Å². The molecule has 0 radical (unpaired) electrons. The van der Waals surface area contributed by atoms with Gasteiger partial charge in [-0.25, -0.2) is 0 Å². The van der Waals surface area contributed by atoms with Crippen LogP contribution in [0, 0.1) is 18.3 Å². The summed E-state index contributed by atoms with van der Waals surface area (Å²) in [4.78, 5) is 1.48. The highest BCUT2D eigenvalue weighted by Crippen LogP contribution is 2.49. The molecule has 0 aliphatic heterocycles. The van der Waals surface area contributed by atoms with Crippen LogP contribution < -0.4 is 5.32 Å². The first-order chi connectivity index (χ1) is 8.06. The van der Waals surface area contributed by atoms with E-state index < -0.39 is 0 Å². The molecule has 0 spiro atoms. The molecule has 1 fully saturated rings. The first kappa shape index (κ1) is 13.1. The van der Waals surface area contributed by atoms with Crippen LogP contribution in [-0.2, 0) is 0 Å². The molecule has 0 aromatic carbocycles. The molecular formula is C15H25NS. The van der Waals surface area contributed by atoms with E-state index in [9.17, 15) is 0 Å². The van der Waals surface area contributed by atoms with Gasteiger partial charge in [-0.05, 0) is 54.7 Å². The van der Waals surface area contributed by atoms with Crippen molar-refractivity contribution in [2.45, 2.75) is 53.0 Å². The van der Waals surface area contributed by atoms with Gasteiger partial charge in [-0.1, -0.05) is 27.2 Å². The molecule has 1 saturated carbocycles. The van der Waals surface area contributed by atoms with Crippen molar-refractivity contribution in [2.24, 2.45) is 11.3 Å². The third kappa shape index (κ3) is 2.58. The first-order valence-corrected chi connectivity index (χ1v) is 7.71. The lowest BCUT2D eigenvalue weighted by Crippen LogP contribution is -2.34. The molecular weight excluding hydrogens is 226 g/mol. The molecule has 1 N–H and O–H groups in total. The van der Waals surface area contributed by atoms with Gasteiger partial charge in [-0.15, -0.1) is 11.3 Å². The summed E-state index contributed by atoms with van der Waals surface area (Å²) in [7, 11) is 0. The molecule has 0 bridgehead atoms. The third-order valence-electron chi connectivity index (χ3n) is 4.40. The zero-order chi connectivity index (χ0) is 12.5. The first-order valence-electron chi connectivity index (χ1n) is 6.83. The average molecular weight is 251 g/mol. The standard InChI is InChI=1S/C15H25NS/c1-5-16-14(12-8-10-17-11(12)2)13-7-6-9-15(13,3)4/h8,10,13-14,16H,5-7,9H2,1-4H3. The molecule has 1 aliphatic rings. The second kappa shape index (κ2) is 5.11. The number of hydrogen-bond donors (Lipinski definition) is 1. The van der Waals surface area contributed by atoms with Crippen LogP contribution in [0.1, 0.15) is 56.5 Å². The lowest BCUT2D eigenvalue weighted by Gasteiger charge is -2.35. The molecule has 2 atom stereocenters. The SMILES string of the molecule is CCNC(c1ccsc1C)C1CCCC1(C)C. The van der Waals surface area contributed by atoms with Gasteiger partial charge in [0.2, 0.25) is 0 Å². The summed E-state index contributed by atoms with van der Waals surface area (Å²) in [6.45, 7) is 10.4. The Bertz CT molecular complexity index is 367. The van der Waals surface area contributed by atoms with Gasteiger partial charge in [-0.3, -0.25) is 0 Å². The summed E-state index contributed by atoms with van der Waals surface area (Å²) in [5.41, 5.74) is 2.03. The number of rotatable bonds is 4. The highest BCUT2D eigenvalue weighted by Gasteiger charge is 2.40. The van der Waals surface area contributed by atoms with E-state index in [4.69, 9.17) is 0 Å². The van der Waals surface area contributed by atoms with Gasteiger partial charge in [0.25, 0.3) is 0 Å². The van der Waals surface area contributed by atoms with Crippen molar-refractivity contribution in [3.8, 4) is 0 Å². The molecule has 1 nitrogen and oxygen atoms in total. The van der Waals surface area contributed by atoms with Crippen molar-refractivity contribution in [3.05, 3.63) is 21.9 Å². The average Bonchev–Trinajstić information content (AvgIpc) is 2.81. The van der Waals surface area contributed by atoms with Crippen molar-refractivity contribution in [3.63, 3.8) is 0 Å². The van der Waals surface area contributed by atoms with Gasteiger partial charge >= 0.3 is 0 Å². The van der Waals surface area contributed by atoms with Crippen molar-refractivity contribution >= 4 is 11.3 Å². The van der Waals surface area contributed by atoms with Crippen LogP contribution in [0.3, 0.4) is 0 Å². The zero-order valence-electron chi connectivity index (χ0n) is 11.5. The van der Waals surface area contributed by atoms with Crippen molar-refractivity contribution < 1.29 is 0 Å². The van der Waals surface area contributed by atoms with Gasteiger partial charge in [-0.2, -0.15) is 0 Å². The Labute approximate surface area is 110 Å². The summed E-state index contributed by atoms with van der Waals surface area (Å²) >= 11 is 1.88. The minimum absolute atomic E-state index is 0.487. The van der Waals surface area contributed by atoms with Crippen molar-refractivity contribution in [2.75, 3.05) is 6.54 Å². The fourth-order valence-electron chi connectivity index (χ4n) is 3.38. The van der Waals surface area contributed by atoms with Crippen LogP contribution >= 0.6 is 11.3 Å². The highest BCUT2D eigenvalue weighted by molar-refractivity contribution is 7.10. The molecule has 1 aromatic rings. The smallest absolute Gasteiger partial charge is 0.0364 e. The molecule has 0 amide bonds. The normalized spacial score (nSPS) is 25.1. The Morgan fingerprint density at radius 1 is 1.53 bits per heavy atom. The minimum atomic E-state index is 0.487. The van der Waals surface area contributed by atoms with Crippen LogP contribution in [0.5, 0.6) is 0 Å². The largest absolute Gasteiger partial charge is 0.310 e. The number of nitrogens with one attached hydrogen (secondary N) is 1. The van der Waals surface area contributed by atoms with Crippen LogP contribution in [0.2, 0.25) is 0 Å². The molecule has 1 aromatic heterocycles. The number of thiophene rings is 1. The zero-order valence-corrected chi connectivity index (χ0v) is 12.4. The van der Waals surface area contributed by atoms with Crippen LogP contribution in [0.25, 0.3) is 0 Å². The van der Waals surface area contributed by atoms with E-state index in [1.54, 1.807) is 0 Å². The van der Waals surface area contributed by atoms with E-state index >= 15 is 0 Å². The number of aryl methyl sites for hydroxylation is 1. The van der Waals surface area contributed by atoms with Gasteiger partial charge in [0, 0.05) is 10.9 Å². The molecule has 17 heavy (non-hydrogen) atoms. The van der Waals surface area contributed by atoms with Gasteiger partial charge in [0.1, 0.15) is 0 Å². The Balaban J connectivity index is 2.26. The van der Waals surface area contributed by atoms with Crippen molar-refractivity contribution in [1.29, 1.82) is 0 Å². The van der Waals surface area contributed by atoms with E-state index in [0.29, 0.717) is 11.5 Å². The van der Waals surface area contributed by atoms with Gasteiger partial charge in [0.15, 0.2) is 0 Å². The predicted molar refractivity (Wildman–Crippen MR) is 76.6 cm³/mol. The fourth-order valence-corrected chi connectivity index (χ4v) is 4.13. The maximum atomic E-state index is 3.73. The quantitative estimate of drug-likeness (QED) is 0.829. The minimum Gasteiger partial charge on any atom is -0.310 e. The summed E-state index contributed by atoms with van der Waals surface area (Å²) in [5.74, 6) is 0.788. The summed E-state index contributed by atoms with van der Waals surface area (Å²) in [5, 5.41) is 5.96. The summed E-state index contributed by atoms with van der Waals surface area (Å²) in [6, 6.07) is 2.88. The van der Waals surface area contributed by atoms with Crippen LogP contribution in [-0.4, -0.2) is 6.54 Å². The molecule has 1 heterocycles. The highest BCUT2D eigenvalue weighted by atomic mass is 32.1. The second-order valence-corrected chi connectivity index (χ2v) is 7.08. The molecule has 1 aliphatic carbocycles. The van der Waals surface area contributed by atoms with Crippen LogP contribution in [0.15, 0.2) is 11.4 Å². The lowest BCUT2D eigenvalue weighted by molar-refractivity contribution is 0.199. The van der Waals surface area contributed by atoms with Crippen molar-refractivity contribution in [1.82, 2.24) is 5.32 Å². The number of hydrogen-bond acceptors (Lipinski definition) is 2. The Morgan fingerprint density at radius 3 is 2.76 bits per heavy atom. The maximum absolute atomic E-state index is 3.73. The third-order valence-corrected chi connectivity index (χ3v) is 5.26. The molecule has 0 saturated heterocycles. The molecule has 2 rings (SSSR count). The van der Waals surface area contributed by atoms with E-state index in [1.807, 2.05) is 11.3 Å². The summed E-state index contributed by atoms with van der Waals surface area (Å²) < 4.78 is 0. The Hall–Kier alpha value is -0.340. The van der Waals surface area contributed by atoms with Gasteiger partial charge in [0.05, 0.1) is 0 Å². The molecule has 96 valence electrons. The fraction of sp³-hybridized carbons (Fsp3) is 0.733. The second-order valence-electron chi connectivity index (χ2n) is 5.95. The summed E-state index contributed by atoms with van der Waals surface area (Å²) in [6.07, 6.45) is 4.14. The molecule has 2 unspecified atom stereocenters. The van der Waals surface area contributed by atoms with E-state index in [1.165, 1.54) is 29.7 Å². The van der Waals surface area contributed by atoms with E-state index in [2.05, 4.69) is 44.5 Å². The Morgan fingerprint density at radius 2 is 2.29 bits per heavy atom. The monoisotopic (exact) mass is 251 g/mol. The topological polar surface area (TPSA) is 12.0 Å². The maximum Gasteiger partial charge on any atom is 0.0364 e. The predicted octanol–water partition coefficient (Wildman–Crippen LogP) is 4.53. The van der Waals surface area contributed by atoms with Gasteiger partial charge < -0.3 is 5.32 Å². The lowest BCUT2D eigenvalue weighted by atomic mass is 9.75. The Kier molecular flexibility index (Phi) is 3.94.